The van der Waals surface area contributed by atoms with Gasteiger partial charge in [0.2, 0.25) is 5.91 Å². The molecule has 0 radical (unpaired) electrons. The Balaban J connectivity index is 2.37. The van der Waals surface area contributed by atoms with Crippen LogP contribution in [-0.2, 0) is 21.9 Å². The molecule has 19 heavy (non-hydrogen) atoms. The van der Waals surface area contributed by atoms with E-state index in [9.17, 15) is 13.2 Å². The predicted octanol–water partition coefficient (Wildman–Crippen LogP) is -0.896. The summed E-state index contributed by atoms with van der Waals surface area (Å²) < 4.78 is 27.5. The van der Waals surface area contributed by atoms with E-state index < -0.39 is 16.1 Å². The van der Waals surface area contributed by atoms with Crippen LogP contribution in [0.2, 0.25) is 0 Å². The molecule has 1 aliphatic heterocycles. The average molecular weight is 287 g/mol. The molecule has 1 aliphatic rings. The minimum atomic E-state index is -3.74. The third kappa shape index (κ3) is 2.47. The number of aromatic nitrogens is 3. The molecule has 1 aromatic heterocycles. The molecule has 0 spiro atoms. The fraction of sp³-hybridized carbons (Fsp3) is 0.700. The summed E-state index contributed by atoms with van der Waals surface area (Å²) in [6.45, 7) is 0.339. The lowest BCUT2D eigenvalue weighted by molar-refractivity contribution is -0.125. The van der Waals surface area contributed by atoms with E-state index in [2.05, 4.69) is 15.6 Å². The number of sulfonamides is 1. The van der Waals surface area contributed by atoms with Crippen LogP contribution in [0.15, 0.2) is 11.2 Å². The van der Waals surface area contributed by atoms with Crippen molar-refractivity contribution in [1.82, 2.24) is 24.6 Å². The molecule has 8 nitrogen and oxygen atoms in total. The van der Waals surface area contributed by atoms with Crippen molar-refractivity contribution in [2.24, 2.45) is 7.05 Å². The molecule has 0 aliphatic carbocycles. The molecule has 0 bridgehead atoms. The van der Waals surface area contributed by atoms with E-state index >= 15 is 0 Å². The molecule has 1 fully saturated rings. The third-order valence-corrected chi connectivity index (χ3v) is 5.20. The lowest BCUT2D eigenvalue weighted by atomic mass is 10.0. The molecule has 1 atom stereocenters. The van der Waals surface area contributed by atoms with Crippen LogP contribution in [0.4, 0.5) is 0 Å². The van der Waals surface area contributed by atoms with Gasteiger partial charge in [-0.05, 0) is 12.8 Å². The zero-order valence-corrected chi connectivity index (χ0v) is 11.7. The standard InChI is InChI=1S/C10H17N5O3S/c1-11-10(16)8-5-3-4-6-15(8)19(17,18)9-7-12-13-14(9)2/h7-8H,3-6H2,1-2H3,(H,11,16). The van der Waals surface area contributed by atoms with Crippen molar-refractivity contribution < 1.29 is 13.2 Å². The second-order valence-electron chi connectivity index (χ2n) is 4.44. The number of hydrogen-bond acceptors (Lipinski definition) is 5. The van der Waals surface area contributed by atoms with Crippen LogP contribution in [0, 0.1) is 0 Å². The fourth-order valence-electron chi connectivity index (χ4n) is 2.26. The molecule has 1 unspecified atom stereocenters. The zero-order valence-electron chi connectivity index (χ0n) is 10.9. The average Bonchev–Trinajstić information content (AvgIpc) is 2.85. The summed E-state index contributed by atoms with van der Waals surface area (Å²) in [5.41, 5.74) is 0. The molecule has 0 aromatic carbocycles. The molecule has 106 valence electrons. The summed E-state index contributed by atoms with van der Waals surface area (Å²) in [4.78, 5) is 11.8. The van der Waals surface area contributed by atoms with Gasteiger partial charge in [-0.2, -0.15) is 4.31 Å². The smallest absolute Gasteiger partial charge is 0.262 e. The molecule has 0 saturated carbocycles. The molecular formula is C10H17N5O3S. The first kappa shape index (κ1) is 13.9. The van der Waals surface area contributed by atoms with E-state index in [4.69, 9.17) is 0 Å². The second-order valence-corrected chi connectivity index (χ2v) is 6.27. The number of hydrogen-bond donors (Lipinski definition) is 1. The maximum atomic E-state index is 12.5. The Morgan fingerprint density at radius 2 is 2.21 bits per heavy atom. The monoisotopic (exact) mass is 287 g/mol. The lowest BCUT2D eigenvalue weighted by Crippen LogP contribution is -2.51. The maximum Gasteiger partial charge on any atom is 0.262 e. The van der Waals surface area contributed by atoms with E-state index in [1.54, 1.807) is 0 Å². The Morgan fingerprint density at radius 3 is 2.79 bits per heavy atom. The first-order chi connectivity index (χ1) is 8.98. The molecule has 2 rings (SSSR count). The van der Waals surface area contributed by atoms with E-state index in [0.29, 0.717) is 13.0 Å². The molecule has 1 amide bonds. The van der Waals surface area contributed by atoms with Crippen LogP contribution in [0.5, 0.6) is 0 Å². The Hall–Kier alpha value is -1.48. The van der Waals surface area contributed by atoms with Crippen LogP contribution in [0.25, 0.3) is 0 Å². The highest BCUT2D eigenvalue weighted by atomic mass is 32.2. The van der Waals surface area contributed by atoms with Crippen molar-refractivity contribution in [3.8, 4) is 0 Å². The summed E-state index contributed by atoms with van der Waals surface area (Å²) in [5, 5.41) is 9.72. The van der Waals surface area contributed by atoms with Crippen molar-refractivity contribution in [2.75, 3.05) is 13.6 Å². The number of nitrogens with one attached hydrogen (secondary N) is 1. The number of piperidine rings is 1. The zero-order chi connectivity index (χ0) is 14.0. The van der Waals surface area contributed by atoms with E-state index in [0.717, 1.165) is 12.8 Å². The minimum absolute atomic E-state index is 0.00306. The Morgan fingerprint density at radius 1 is 1.47 bits per heavy atom. The van der Waals surface area contributed by atoms with Crippen LogP contribution < -0.4 is 5.32 Å². The second kappa shape index (κ2) is 5.25. The third-order valence-electron chi connectivity index (χ3n) is 3.25. The fourth-order valence-corrected chi connectivity index (χ4v) is 3.95. The van der Waals surface area contributed by atoms with Gasteiger partial charge in [-0.15, -0.1) is 5.10 Å². The molecule has 1 aromatic rings. The van der Waals surface area contributed by atoms with Crippen LogP contribution in [0.3, 0.4) is 0 Å². The van der Waals surface area contributed by atoms with Gasteiger partial charge in [0.15, 0.2) is 5.03 Å². The molecular weight excluding hydrogens is 270 g/mol. The van der Waals surface area contributed by atoms with E-state index in [1.807, 2.05) is 0 Å². The topological polar surface area (TPSA) is 97.2 Å². The SMILES string of the molecule is CNC(=O)C1CCCCN1S(=O)(=O)c1cnnn1C. The summed E-state index contributed by atoms with van der Waals surface area (Å²) in [5.74, 6) is -0.279. The number of carbonyl (C=O) groups excluding carboxylic acids is 1. The number of carbonyl (C=O) groups is 1. The summed E-state index contributed by atoms with van der Waals surface area (Å²) in [6, 6.07) is -0.654. The van der Waals surface area contributed by atoms with Crippen LogP contribution in [-0.4, -0.2) is 53.3 Å². The maximum absolute atomic E-state index is 12.5. The number of amides is 1. The predicted molar refractivity (Wildman–Crippen MR) is 66.6 cm³/mol. The molecule has 9 heteroatoms. The van der Waals surface area contributed by atoms with Gasteiger partial charge in [0.1, 0.15) is 6.04 Å². The Bertz CT molecular complexity index is 567. The normalized spacial score (nSPS) is 21.3. The molecule has 1 saturated heterocycles. The first-order valence-electron chi connectivity index (χ1n) is 6.06. The number of likely N-dealkylation sites (N-methyl/N-ethyl adjacent to an activating group) is 1. The van der Waals surface area contributed by atoms with Gasteiger partial charge in [0.05, 0.1) is 6.20 Å². The number of aryl methyl sites for hydroxylation is 1. The minimum Gasteiger partial charge on any atom is -0.358 e. The quantitative estimate of drug-likeness (QED) is 0.777. The van der Waals surface area contributed by atoms with Crippen molar-refractivity contribution in [2.45, 2.75) is 30.3 Å². The summed E-state index contributed by atoms with van der Waals surface area (Å²) in [6.07, 6.45) is 3.32. The number of nitrogens with zero attached hydrogens (tertiary/aromatic N) is 4. The van der Waals surface area contributed by atoms with Gasteiger partial charge in [-0.25, -0.2) is 13.1 Å². The van der Waals surface area contributed by atoms with Crippen molar-refractivity contribution >= 4 is 15.9 Å². The summed E-state index contributed by atoms with van der Waals surface area (Å²) in [7, 11) is -0.723. The Labute approximate surface area is 111 Å². The number of rotatable bonds is 3. The van der Waals surface area contributed by atoms with Crippen molar-refractivity contribution in [1.29, 1.82) is 0 Å². The molecule has 2 heterocycles. The highest BCUT2D eigenvalue weighted by Gasteiger charge is 2.38. The van der Waals surface area contributed by atoms with E-state index in [1.165, 1.54) is 29.3 Å². The largest absolute Gasteiger partial charge is 0.358 e. The van der Waals surface area contributed by atoms with Crippen molar-refractivity contribution in [3.63, 3.8) is 0 Å². The summed E-state index contributed by atoms with van der Waals surface area (Å²) >= 11 is 0. The van der Waals surface area contributed by atoms with Crippen LogP contribution in [0.1, 0.15) is 19.3 Å². The first-order valence-corrected chi connectivity index (χ1v) is 7.50. The van der Waals surface area contributed by atoms with E-state index in [-0.39, 0.29) is 10.9 Å². The molecule has 1 N–H and O–H groups in total. The van der Waals surface area contributed by atoms with Crippen LogP contribution >= 0.6 is 0 Å². The van der Waals surface area contributed by atoms with Crippen molar-refractivity contribution in [3.05, 3.63) is 6.20 Å². The van der Waals surface area contributed by atoms with Gasteiger partial charge in [-0.1, -0.05) is 11.6 Å². The van der Waals surface area contributed by atoms with Gasteiger partial charge in [0, 0.05) is 20.6 Å². The van der Waals surface area contributed by atoms with Gasteiger partial charge in [-0.3, -0.25) is 4.79 Å². The van der Waals surface area contributed by atoms with Gasteiger partial charge in [0.25, 0.3) is 10.0 Å². The lowest BCUT2D eigenvalue weighted by Gasteiger charge is -2.32. The van der Waals surface area contributed by atoms with Gasteiger partial charge >= 0.3 is 0 Å². The Kier molecular flexibility index (Phi) is 3.85. The van der Waals surface area contributed by atoms with Gasteiger partial charge < -0.3 is 5.32 Å². The highest BCUT2D eigenvalue weighted by molar-refractivity contribution is 7.89. The highest BCUT2D eigenvalue weighted by Crippen LogP contribution is 2.24.